The topological polar surface area (TPSA) is 92.9 Å². The van der Waals surface area contributed by atoms with Crippen LogP contribution in [-0.4, -0.2) is 27.1 Å². The van der Waals surface area contributed by atoms with Crippen LogP contribution in [-0.2, 0) is 6.54 Å². The van der Waals surface area contributed by atoms with Gasteiger partial charge in [-0.15, -0.1) is 11.8 Å². The van der Waals surface area contributed by atoms with Crippen LogP contribution in [0.25, 0.3) is 22.3 Å². The molecule has 0 radical (unpaired) electrons. The predicted molar refractivity (Wildman–Crippen MR) is 118 cm³/mol. The Morgan fingerprint density at radius 2 is 2.00 bits per heavy atom. The van der Waals surface area contributed by atoms with Crippen LogP contribution in [0.1, 0.15) is 12.0 Å². The van der Waals surface area contributed by atoms with Crippen LogP contribution >= 0.6 is 11.8 Å². The van der Waals surface area contributed by atoms with Crippen molar-refractivity contribution in [2.75, 3.05) is 12.5 Å². The number of hydrogen-bond donors (Lipinski definition) is 1. The molecule has 1 aliphatic rings. The highest BCUT2D eigenvalue weighted by molar-refractivity contribution is 7.99. The van der Waals surface area contributed by atoms with E-state index in [-0.39, 0.29) is 12.5 Å². The lowest BCUT2D eigenvalue weighted by atomic mass is 10.1. The number of aryl methyl sites for hydroxylation is 1. The minimum Gasteiger partial charge on any atom is -0.454 e. The lowest BCUT2D eigenvalue weighted by Crippen LogP contribution is -2.17. The summed E-state index contributed by atoms with van der Waals surface area (Å²) in [5, 5.41) is 10.2. The highest BCUT2D eigenvalue weighted by atomic mass is 32.2. The summed E-state index contributed by atoms with van der Waals surface area (Å²) < 4.78 is 12.6. The van der Waals surface area contributed by atoms with E-state index >= 15 is 0 Å². The van der Waals surface area contributed by atoms with Gasteiger partial charge in [0.2, 0.25) is 6.79 Å². The second kappa shape index (κ2) is 8.20. The highest BCUT2D eigenvalue weighted by Gasteiger charge is 2.15. The molecule has 3 heterocycles. The van der Waals surface area contributed by atoms with E-state index in [0.717, 1.165) is 40.2 Å². The van der Waals surface area contributed by atoms with Crippen LogP contribution in [0.15, 0.2) is 64.4 Å². The smallest absolute Gasteiger partial charge is 0.326 e. The maximum atomic E-state index is 12.2. The van der Waals surface area contributed by atoms with E-state index in [9.17, 15) is 10.1 Å². The van der Waals surface area contributed by atoms with Crippen molar-refractivity contribution in [2.24, 2.45) is 0 Å². The molecule has 0 fully saturated rings. The largest absolute Gasteiger partial charge is 0.454 e. The van der Waals surface area contributed by atoms with E-state index in [1.165, 1.54) is 11.8 Å². The predicted octanol–water partition coefficient (Wildman–Crippen LogP) is 4.17. The second-order valence-electron chi connectivity index (χ2n) is 7.03. The quantitative estimate of drug-likeness (QED) is 0.364. The van der Waals surface area contributed by atoms with Gasteiger partial charge in [0.25, 0.3) is 0 Å². The minimum absolute atomic E-state index is 0.105. The maximum Gasteiger partial charge on any atom is 0.326 e. The van der Waals surface area contributed by atoms with Crippen molar-refractivity contribution >= 4 is 22.8 Å². The Morgan fingerprint density at radius 1 is 1.13 bits per heavy atom. The maximum absolute atomic E-state index is 12.2. The molecule has 0 spiro atoms. The average Bonchev–Trinajstić information content (AvgIpc) is 3.39. The van der Waals surface area contributed by atoms with Crippen molar-refractivity contribution in [3.63, 3.8) is 0 Å². The molecule has 0 amide bonds. The Kier molecular flexibility index (Phi) is 5.10. The fourth-order valence-electron chi connectivity index (χ4n) is 3.57. The third-order valence-electron chi connectivity index (χ3n) is 5.10. The number of pyridine rings is 1. The number of aromatic amines is 1. The van der Waals surface area contributed by atoms with Gasteiger partial charge in [-0.05, 0) is 48.9 Å². The van der Waals surface area contributed by atoms with Crippen molar-refractivity contribution in [1.29, 1.82) is 5.26 Å². The first-order valence-corrected chi connectivity index (χ1v) is 10.8. The molecule has 154 valence electrons. The number of nitrogens with zero attached hydrogens (tertiary/aromatic N) is 3. The summed E-state index contributed by atoms with van der Waals surface area (Å²) in [6.45, 7) is 0.819. The molecule has 0 bridgehead atoms. The molecule has 31 heavy (non-hydrogen) atoms. The summed E-state index contributed by atoms with van der Waals surface area (Å²) in [6.07, 6.45) is 0.771. The van der Waals surface area contributed by atoms with E-state index in [0.29, 0.717) is 22.9 Å². The summed E-state index contributed by atoms with van der Waals surface area (Å²) in [5.74, 6) is 2.15. The van der Waals surface area contributed by atoms with Crippen LogP contribution in [0.3, 0.4) is 0 Å². The number of hydrogen-bond acceptors (Lipinski definition) is 6. The number of fused-ring (bicyclic) bond motifs is 2. The standard InChI is InChI=1S/C23H18N4O3S/c24-13-16-6-8-17(15-7-9-20-21(12-15)30-14-29-20)25-22(16)31-11-3-10-27-19-5-2-1-4-18(19)26-23(27)28/h1-2,4-9,12H,3,10-11,14H2,(H,26,28). The molecule has 5 rings (SSSR count). The number of thioether (sulfide) groups is 1. The number of para-hydroxylation sites is 2. The summed E-state index contributed by atoms with van der Waals surface area (Å²) in [4.78, 5) is 19.8. The molecule has 1 N–H and O–H groups in total. The first-order chi connectivity index (χ1) is 15.2. The summed E-state index contributed by atoms with van der Waals surface area (Å²) >= 11 is 1.52. The summed E-state index contributed by atoms with van der Waals surface area (Å²) in [7, 11) is 0. The first-order valence-electron chi connectivity index (χ1n) is 9.84. The Balaban J connectivity index is 1.31. The molecule has 8 heteroatoms. The zero-order valence-electron chi connectivity index (χ0n) is 16.5. The van der Waals surface area contributed by atoms with Gasteiger partial charge in [0.1, 0.15) is 11.1 Å². The highest BCUT2D eigenvalue weighted by Crippen LogP contribution is 2.36. The molecular weight excluding hydrogens is 412 g/mol. The average molecular weight is 430 g/mol. The normalized spacial score (nSPS) is 12.2. The zero-order valence-corrected chi connectivity index (χ0v) is 17.3. The van der Waals surface area contributed by atoms with E-state index in [4.69, 9.17) is 14.5 Å². The van der Waals surface area contributed by atoms with Crippen LogP contribution in [0.4, 0.5) is 0 Å². The van der Waals surface area contributed by atoms with Crippen LogP contribution in [0.2, 0.25) is 0 Å². The van der Waals surface area contributed by atoms with Gasteiger partial charge in [-0.1, -0.05) is 12.1 Å². The Morgan fingerprint density at radius 3 is 2.90 bits per heavy atom. The molecule has 1 aliphatic heterocycles. The van der Waals surface area contributed by atoms with Crippen molar-refractivity contribution in [1.82, 2.24) is 14.5 Å². The Labute approximate surface area is 182 Å². The number of nitriles is 1. The van der Waals surface area contributed by atoms with Crippen molar-refractivity contribution in [3.8, 4) is 28.8 Å². The van der Waals surface area contributed by atoms with Crippen molar-refractivity contribution in [2.45, 2.75) is 18.0 Å². The Bertz CT molecular complexity index is 1370. The molecule has 0 atom stereocenters. The fraction of sp³-hybridized carbons (Fsp3) is 0.174. The van der Waals surface area contributed by atoms with Gasteiger partial charge in [-0.3, -0.25) is 4.57 Å². The summed E-state index contributed by atoms with van der Waals surface area (Å²) in [6, 6.07) is 19.2. The number of aromatic nitrogens is 3. The van der Waals surface area contributed by atoms with Crippen LogP contribution < -0.4 is 15.2 Å². The van der Waals surface area contributed by atoms with E-state index in [1.54, 1.807) is 10.6 Å². The Hall–Kier alpha value is -3.70. The number of rotatable bonds is 6. The lowest BCUT2D eigenvalue weighted by Gasteiger charge is -2.08. The molecule has 0 saturated carbocycles. The van der Waals surface area contributed by atoms with Crippen LogP contribution in [0, 0.1) is 11.3 Å². The number of H-pyrrole nitrogens is 1. The number of benzene rings is 2. The van der Waals surface area contributed by atoms with Gasteiger partial charge in [0.05, 0.1) is 22.3 Å². The zero-order chi connectivity index (χ0) is 21.2. The minimum atomic E-state index is -0.105. The molecule has 2 aromatic heterocycles. The number of nitrogens with one attached hydrogen (secondary N) is 1. The van der Waals surface area contributed by atoms with E-state index in [2.05, 4.69) is 11.1 Å². The van der Waals surface area contributed by atoms with Gasteiger partial charge in [-0.25, -0.2) is 9.78 Å². The molecule has 2 aromatic carbocycles. The number of ether oxygens (including phenoxy) is 2. The summed E-state index contributed by atoms with van der Waals surface area (Å²) in [5.41, 5.74) is 3.85. The first kappa shape index (κ1) is 19.3. The van der Waals surface area contributed by atoms with Crippen molar-refractivity contribution in [3.05, 3.63) is 70.6 Å². The molecule has 4 aromatic rings. The molecular formula is C23H18N4O3S. The third-order valence-corrected chi connectivity index (χ3v) is 6.17. The molecule has 7 nitrogen and oxygen atoms in total. The van der Waals surface area contributed by atoms with E-state index < -0.39 is 0 Å². The van der Waals surface area contributed by atoms with Gasteiger partial charge < -0.3 is 14.5 Å². The molecule has 0 saturated heterocycles. The lowest BCUT2D eigenvalue weighted by molar-refractivity contribution is 0.174. The number of imidazole rings is 1. The second-order valence-corrected chi connectivity index (χ2v) is 8.11. The third kappa shape index (κ3) is 3.76. The SMILES string of the molecule is N#Cc1ccc(-c2ccc3c(c2)OCO3)nc1SCCCn1c(=O)[nH]c2ccccc21. The fourth-order valence-corrected chi connectivity index (χ4v) is 4.47. The van der Waals surface area contributed by atoms with Crippen LogP contribution in [0.5, 0.6) is 11.5 Å². The van der Waals surface area contributed by atoms with Gasteiger partial charge in [-0.2, -0.15) is 5.26 Å². The van der Waals surface area contributed by atoms with E-state index in [1.807, 2.05) is 48.5 Å². The molecule has 0 unspecified atom stereocenters. The van der Waals surface area contributed by atoms with Gasteiger partial charge >= 0.3 is 5.69 Å². The van der Waals surface area contributed by atoms with Gasteiger partial charge in [0, 0.05) is 17.9 Å². The van der Waals surface area contributed by atoms with Crippen molar-refractivity contribution < 1.29 is 9.47 Å². The molecule has 0 aliphatic carbocycles. The van der Waals surface area contributed by atoms with Gasteiger partial charge in [0.15, 0.2) is 11.5 Å². The monoisotopic (exact) mass is 430 g/mol.